The van der Waals surface area contributed by atoms with Gasteiger partial charge in [0.2, 0.25) is 5.76 Å². The van der Waals surface area contributed by atoms with E-state index in [0.29, 0.717) is 17.3 Å². The van der Waals surface area contributed by atoms with E-state index in [1.165, 1.54) is 19.3 Å². The first-order chi connectivity index (χ1) is 13.1. The molecule has 3 aromatic rings. The Labute approximate surface area is 165 Å². The summed E-state index contributed by atoms with van der Waals surface area (Å²) in [6, 6.07) is 13.5. The summed E-state index contributed by atoms with van der Waals surface area (Å²) in [5.74, 6) is 0.204. The van der Waals surface area contributed by atoms with Gasteiger partial charge < -0.3 is 9.73 Å². The molecule has 2 aromatic carbocycles. The molecule has 0 aliphatic carbocycles. The van der Waals surface area contributed by atoms with Gasteiger partial charge in [-0.05, 0) is 43.2 Å². The van der Waals surface area contributed by atoms with Crippen LogP contribution in [0.5, 0.6) is 0 Å². The highest BCUT2D eigenvalue weighted by molar-refractivity contribution is 6.30. The number of carbonyl (C=O) groups excluding carboxylic acids is 1. The topological polar surface area (TPSA) is 42.2 Å². The van der Waals surface area contributed by atoms with Crippen LogP contribution in [0.3, 0.4) is 0 Å². The number of benzene rings is 2. The number of aryl methyl sites for hydroxylation is 1. The molecule has 142 valence electrons. The summed E-state index contributed by atoms with van der Waals surface area (Å²) >= 11 is 6.04. The van der Waals surface area contributed by atoms with Gasteiger partial charge >= 0.3 is 0 Å². The van der Waals surface area contributed by atoms with Crippen LogP contribution in [0.4, 0.5) is 0 Å². The van der Waals surface area contributed by atoms with Crippen molar-refractivity contribution in [2.45, 2.75) is 46.0 Å². The maximum atomic E-state index is 12.8. The van der Waals surface area contributed by atoms with Gasteiger partial charge in [0.05, 0.1) is 0 Å². The maximum absolute atomic E-state index is 12.8. The minimum atomic E-state index is -0.163. The smallest absolute Gasteiger partial charge is 0.287 e. The first-order valence-electron chi connectivity index (χ1n) is 9.67. The number of unbranched alkanes of at least 4 members (excludes halogenated alkanes) is 4. The molecule has 1 N–H and O–H groups in total. The van der Waals surface area contributed by atoms with Crippen molar-refractivity contribution in [3.05, 3.63) is 58.8 Å². The average molecular weight is 384 g/mol. The molecule has 1 heterocycles. The van der Waals surface area contributed by atoms with Crippen molar-refractivity contribution < 1.29 is 9.21 Å². The Kier molecular flexibility index (Phi) is 6.57. The van der Waals surface area contributed by atoms with Crippen LogP contribution in [0, 0.1) is 6.92 Å². The van der Waals surface area contributed by atoms with Crippen LogP contribution in [0.2, 0.25) is 5.02 Å². The molecule has 0 saturated heterocycles. The van der Waals surface area contributed by atoms with Crippen molar-refractivity contribution in [2.24, 2.45) is 0 Å². The van der Waals surface area contributed by atoms with Crippen LogP contribution < -0.4 is 5.32 Å². The predicted molar refractivity (Wildman–Crippen MR) is 112 cm³/mol. The van der Waals surface area contributed by atoms with Crippen molar-refractivity contribution in [1.82, 2.24) is 5.32 Å². The van der Waals surface area contributed by atoms with E-state index in [0.717, 1.165) is 40.5 Å². The van der Waals surface area contributed by atoms with Crippen LogP contribution in [-0.4, -0.2) is 12.5 Å². The SMILES string of the molecule is CCCCCCCNC(=O)c1oc2ccc(C)cc2c1-c1ccc(Cl)cc1. The highest BCUT2D eigenvalue weighted by atomic mass is 35.5. The highest BCUT2D eigenvalue weighted by Gasteiger charge is 2.21. The number of amides is 1. The molecule has 0 atom stereocenters. The quantitative estimate of drug-likeness (QED) is 0.436. The van der Waals surface area contributed by atoms with Gasteiger partial charge in [-0.25, -0.2) is 0 Å². The molecule has 0 radical (unpaired) electrons. The molecule has 27 heavy (non-hydrogen) atoms. The van der Waals surface area contributed by atoms with Gasteiger partial charge in [0.25, 0.3) is 5.91 Å². The van der Waals surface area contributed by atoms with E-state index in [1.807, 2.05) is 43.3 Å². The van der Waals surface area contributed by atoms with Crippen LogP contribution in [0.1, 0.15) is 55.1 Å². The number of hydrogen-bond acceptors (Lipinski definition) is 2. The second kappa shape index (κ2) is 9.09. The largest absolute Gasteiger partial charge is 0.450 e. The Balaban J connectivity index is 1.86. The molecule has 0 bridgehead atoms. The van der Waals surface area contributed by atoms with Gasteiger partial charge in [0.15, 0.2) is 0 Å². The van der Waals surface area contributed by atoms with E-state index in [9.17, 15) is 4.79 Å². The van der Waals surface area contributed by atoms with Crippen molar-refractivity contribution in [3.63, 3.8) is 0 Å². The van der Waals surface area contributed by atoms with Crippen molar-refractivity contribution >= 4 is 28.5 Å². The van der Waals surface area contributed by atoms with E-state index in [-0.39, 0.29) is 5.91 Å². The van der Waals surface area contributed by atoms with Crippen molar-refractivity contribution in [2.75, 3.05) is 6.54 Å². The third-order valence-corrected chi connectivity index (χ3v) is 5.00. The standard InChI is InChI=1S/C23H26ClNO2/c1-3-4-5-6-7-14-25-23(26)22-21(17-9-11-18(24)12-10-17)19-15-16(2)8-13-20(19)27-22/h8-13,15H,3-7,14H2,1-2H3,(H,25,26). The summed E-state index contributed by atoms with van der Waals surface area (Å²) in [5, 5.41) is 4.63. The predicted octanol–water partition coefficient (Wildman–Crippen LogP) is 6.76. The van der Waals surface area contributed by atoms with E-state index in [4.69, 9.17) is 16.0 Å². The van der Waals surface area contributed by atoms with E-state index in [1.54, 1.807) is 0 Å². The van der Waals surface area contributed by atoms with E-state index < -0.39 is 0 Å². The van der Waals surface area contributed by atoms with Gasteiger partial charge in [-0.15, -0.1) is 0 Å². The molecule has 0 saturated carbocycles. The first-order valence-corrected chi connectivity index (χ1v) is 10.0. The van der Waals surface area contributed by atoms with Crippen molar-refractivity contribution in [3.8, 4) is 11.1 Å². The molecule has 1 amide bonds. The summed E-state index contributed by atoms with van der Waals surface area (Å²) in [5.41, 5.74) is 3.60. The van der Waals surface area contributed by atoms with Gasteiger partial charge in [0.1, 0.15) is 5.58 Å². The zero-order valence-corrected chi connectivity index (χ0v) is 16.7. The summed E-state index contributed by atoms with van der Waals surface area (Å²) in [6.45, 7) is 4.90. The molecule has 3 rings (SSSR count). The summed E-state index contributed by atoms with van der Waals surface area (Å²) < 4.78 is 5.95. The number of fused-ring (bicyclic) bond motifs is 1. The Morgan fingerprint density at radius 3 is 2.52 bits per heavy atom. The Hall–Kier alpha value is -2.26. The molecule has 0 aliphatic rings. The first kappa shape index (κ1) is 19.5. The lowest BCUT2D eigenvalue weighted by atomic mass is 10.0. The summed E-state index contributed by atoms with van der Waals surface area (Å²) in [4.78, 5) is 12.8. The number of halogens is 1. The third kappa shape index (κ3) is 4.72. The second-order valence-electron chi connectivity index (χ2n) is 6.98. The number of rotatable bonds is 8. The Morgan fingerprint density at radius 1 is 1.04 bits per heavy atom. The molecule has 3 nitrogen and oxygen atoms in total. The molecule has 0 aliphatic heterocycles. The molecule has 0 fully saturated rings. The third-order valence-electron chi connectivity index (χ3n) is 4.75. The van der Waals surface area contributed by atoms with E-state index >= 15 is 0 Å². The minimum absolute atomic E-state index is 0.163. The molecular formula is C23H26ClNO2. The van der Waals surface area contributed by atoms with Crippen LogP contribution in [-0.2, 0) is 0 Å². The van der Waals surface area contributed by atoms with Crippen LogP contribution >= 0.6 is 11.6 Å². The lowest BCUT2D eigenvalue weighted by molar-refractivity contribution is 0.0928. The Morgan fingerprint density at radius 2 is 1.78 bits per heavy atom. The summed E-state index contributed by atoms with van der Waals surface area (Å²) in [6.07, 6.45) is 5.80. The van der Waals surface area contributed by atoms with Crippen molar-refractivity contribution in [1.29, 1.82) is 0 Å². The summed E-state index contributed by atoms with van der Waals surface area (Å²) in [7, 11) is 0. The maximum Gasteiger partial charge on any atom is 0.287 e. The number of nitrogens with one attached hydrogen (secondary N) is 1. The fraction of sp³-hybridized carbons (Fsp3) is 0.348. The molecule has 4 heteroatoms. The number of hydrogen-bond donors (Lipinski definition) is 1. The van der Waals surface area contributed by atoms with Gasteiger partial charge in [-0.3, -0.25) is 4.79 Å². The lowest BCUT2D eigenvalue weighted by Gasteiger charge is -2.06. The average Bonchev–Trinajstić information content (AvgIpc) is 3.04. The Bertz CT molecular complexity index is 912. The molecule has 0 unspecified atom stereocenters. The molecule has 1 aromatic heterocycles. The number of carbonyl (C=O) groups is 1. The monoisotopic (exact) mass is 383 g/mol. The van der Waals surface area contributed by atoms with Gasteiger partial charge in [0, 0.05) is 22.5 Å². The fourth-order valence-corrected chi connectivity index (χ4v) is 3.41. The van der Waals surface area contributed by atoms with Crippen LogP contribution in [0.15, 0.2) is 46.9 Å². The van der Waals surface area contributed by atoms with Gasteiger partial charge in [-0.2, -0.15) is 0 Å². The second-order valence-corrected chi connectivity index (χ2v) is 7.42. The highest BCUT2D eigenvalue weighted by Crippen LogP contribution is 2.36. The van der Waals surface area contributed by atoms with E-state index in [2.05, 4.69) is 18.3 Å². The normalized spacial score (nSPS) is 11.1. The van der Waals surface area contributed by atoms with Gasteiger partial charge in [-0.1, -0.05) is 68.0 Å². The lowest BCUT2D eigenvalue weighted by Crippen LogP contribution is -2.24. The molecular weight excluding hydrogens is 358 g/mol. The molecule has 0 spiro atoms. The number of furan rings is 1. The fourth-order valence-electron chi connectivity index (χ4n) is 3.29. The zero-order valence-electron chi connectivity index (χ0n) is 16.0. The zero-order chi connectivity index (χ0) is 19.2. The van der Waals surface area contributed by atoms with Crippen LogP contribution in [0.25, 0.3) is 22.1 Å². The minimum Gasteiger partial charge on any atom is -0.450 e.